The summed E-state index contributed by atoms with van der Waals surface area (Å²) in [5.74, 6) is -0.229. The van der Waals surface area contributed by atoms with Crippen LogP contribution in [0, 0.1) is 6.92 Å². The van der Waals surface area contributed by atoms with Gasteiger partial charge < -0.3 is 19.9 Å². The molecule has 32 heavy (non-hydrogen) atoms. The van der Waals surface area contributed by atoms with Crippen molar-refractivity contribution in [2.75, 3.05) is 25.6 Å². The van der Waals surface area contributed by atoms with Crippen molar-refractivity contribution in [3.05, 3.63) is 87.7 Å². The Kier molecular flexibility index (Phi) is 6.68. The van der Waals surface area contributed by atoms with Gasteiger partial charge in [0.05, 0.1) is 18.2 Å². The van der Waals surface area contributed by atoms with Crippen molar-refractivity contribution < 1.29 is 19.4 Å². The number of carbonyl (C=O) groups excluding carboxylic acids is 1. The number of rotatable bonds is 8. The number of aromatic nitrogens is 1. The number of thiophene rings is 1. The van der Waals surface area contributed by atoms with Gasteiger partial charge in [0.2, 0.25) is 0 Å². The molecule has 0 bridgehead atoms. The summed E-state index contributed by atoms with van der Waals surface area (Å²) in [7, 11) is 1.56. The number of ether oxygens (including phenoxy) is 2. The Morgan fingerprint density at radius 1 is 1.09 bits per heavy atom. The quantitative estimate of drug-likeness (QED) is 0.281. The summed E-state index contributed by atoms with van der Waals surface area (Å²) in [4.78, 5) is 17.7. The minimum atomic E-state index is -0.392. The summed E-state index contributed by atoms with van der Waals surface area (Å²) in [6, 6.07) is 18.6. The normalized spacial score (nSPS) is 11.9. The van der Waals surface area contributed by atoms with Crippen LogP contribution < -0.4 is 5.32 Å². The van der Waals surface area contributed by atoms with E-state index >= 15 is 0 Å². The number of methoxy groups -OCH3 is 1. The van der Waals surface area contributed by atoms with Crippen LogP contribution >= 0.6 is 11.3 Å². The van der Waals surface area contributed by atoms with Crippen molar-refractivity contribution in [2.45, 2.75) is 13.0 Å². The van der Waals surface area contributed by atoms with E-state index in [2.05, 4.69) is 10.3 Å². The first-order chi connectivity index (χ1) is 15.6. The lowest BCUT2D eigenvalue weighted by atomic mass is 10.0. The maximum Gasteiger partial charge on any atom is 0.338 e. The second kappa shape index (κ2) is 9.80. The Balaban J connectivity index is 1.62. The van der Waals surface area contributed by atoms with Gasteiger partial charge in [-0.1, -0.05) is 24.3 Å². The zero-order valence-electron chi connectivity index (χ0n) is 17.9. The number of fused-ring (bicyclic) bond motifs is 1. The van der Waals surface area contributed by atoms with Gasteiger partial charge in [-0.05, 0) is 48.7 Å². The van der Waals surface area contributed by atoms with E-state index in [-0.39, 0.29) is 18.4 Å². The SMILES string of the molecule is COCCOC(=O)c1ccc(NC(c2cccs2)c2ccc3ccc(C)nc3c2O)cc1. The van der Waals surface area contributed by atoms with Crippen molar-refractivity contribution >= 4 is 33.9 Å². The standard InChI is InChI=1S/C25H24N2O4S/c1-16-5-6-17-9-12-20(24(28)22(17)26-16)23(21-4-3-15-32-21)27-19-10-7-18(8-11-19)25(29)31-14-13-30-2/h3-12,15,23,27-28H,13-14H2,1-2H3. The van der Waals surface area contributed by atoms with Crippen molar-refractivity contribution in [3.8, 4) is 5.75 Å². The molecule has 2 heterocycles. The third-order valence-electron chi connectivity index (χ3n) is 5.10. The topological polar surface area (TPSA) is 80.7 Å². The van der Waals surface area contributed by atoms with Gasteiger partial charge in [-0.25, -0.2) is 9.78 Å². The second-order valence-electron chi connectivity index (χ2n) is 7.33. The van der Waals surface area contributed by atoms with Crippen LogP contribution in [0.3, 0.4) is 0 Å². The number of aromatic hydroxyl groups is 1. The molecule has 4 aromatic rings. The van der Waals surface area contributed by atoms with E-state index < -0.39 is 5.97 Å². The maximum absolute atomic E-state index is 12.1. The molecule has 2 aromatic heterocycles. The van der Waals surface area contributed by atoms with Crippen LogP contribution in [-0.4, -0.2) is 36.4 Å². The predicted octanol–water partition coefficient (Wildman–Crippen LogP) is 5.32. The molecule has 1 unspecified atom stereocenters. The Labute approximate surface area is 190 Å². The molecule has 0 saturated heterocycles. The Morgan fingerprint density at radius 3 is 2.59 bits per heavy atom. The average molecular weight is 449 g/mol. The molecule has 4 rings (SSSR count). The van der Waals surface area contributed by atoms with Gasteiger partial charge in [-0.15, -0.1) is 11.3 Å². The van der Waals surface area contributed by atoms with Crippen LogP contribution in [0.25, 0.3) is 10.9 Å². The first-order valence-corrected chi connectivity index (χ1v) is 11.1. The number of nitrogens with zero attached hydrogens (tertiary/aromatic N) is 1. The first-order valence-electron chi connectivity index (χ1n) is 10.2. The zero-order chi connectivity index (χ0) is 22.5. The van der Waals surface area contributed by atoms with E-state index in [1.54, 1.807) is 30.6 Å². The second-order valence-corrected chi connectivity index (χ2v) is 8.31. The number of hydrogen-bond donors (Lipinski definition) is 2. The van der Waals surface area contributed by atoms with Crippen LogP contribution in [0.4, 0.5) is 5.69 Å². The molecular formula is C25H24N2O4S. The highest BCUT2D eigenvalue weighted by molar-refractivity contribution is 7.10. The molecule has 0 aliphatic rings. The molecule has 2 aromatic carbocycles. The van der Waals surface area contributed by atoms with E-state index in [0.717, 1.165) is 27.2 Å². The fourth-order valence-corrected chi connectivity index (χ4v) is 4.24. The van der Waals surface area contributed by atoms with Crippen LogP contribution in [0.1, 0.15) is 32.5 Å². The molecule has 0 aliphatic heterocycles. The highest BCUT2D eigenvalue weighted by Crippen LogP contribution is 2.38. The monoisotopic (exact) mass is 448 g/mol. The molecule has 0 radical (unpaired) electrons. The summed E-state index contributed by atoms with van der Waals surface area (Å²) in [5.41, 5.74) is 3.45. The van der Waals surface area contributed by atoms with E-state index in [1.165, 1.54) is 0 Å². The number of benzene rings is 2. The summed E-state index contributed by atoms with van der Waals surface area (Å²) in [6.45, 7) is 2.48. The summed E-state index contributed by atoms with van der Waals surface area (Å²) >= 11 is 1.60. The maximum atomic E-state index is 12.1. The van der Waals surface area contributed by atoms with Crippen LogP contribution in [-0.2, 0) is 9.47 Å². The molecule has 164 valence electrons. The van der Waals surface area contributed by atoms with Gasteiger partial charge in [0.1, 0.15) is 17.9 Å². The van der Waals surface area contributed by atoms with Gasteiger partial charge in [0.25, 0.3) is 0 Å². The van der Waals surface area contributed by atoms with Crippen molar-refractivity contribution in [3.63, 3.8) is 0 Å². The number of esters is 1. The predicted molar refractivity (Wildman–Crippen MR) is 127 cm³/mol. The van der Waals surface area contributed by atoms with E-state index in [1.807, 2.05) is 60.8 Å². The largest absolute Gasteiger partial charge is 0.505 e. The lowest BCUT2D eigenvalue weighted by molar-refractivity contribution is 0.0388. The van der Waals surface area contributed by atoms with Crippen molar-refractivity contribution in [1.82, 2.24) is 4.98 Å². The van der Waals surface area contributed by atoms with Crippen molar-refractivity contribution in [1.29, 1.82) is 0 Å². The number of aryl methyl sites for hydroxylation is 1. The number of anilines is 1. The smallest absolute Gasteiger partial charge is 0.338 e. The van der Waals surface area contributed by atoms with E-state index in [9.17, 15) is 9.90 Å². The van der Waals surface area contributed by atoms with E-state index in [4.69, 9.17) is 9.47 Å². The van der Waals surface area contributed by atoms with Crippen LogP contribution in [0.15, 0.2) is 66.0 Å². The molecule has 1 atom stereocenters. The fourth-order valence-electron chi connectivity index (χ4n) is 3.45. The van der Waals surface area contributed by atoms with Crippen molar-refractivity contribution in [2.24, 2.45) is 0 Å². The van der Waals surface area contributed by atoms with Gasteiger partial charge >= 0.3 is 5.97 Å². The van der Waals surface area contributed by atoms with Gasteiger partial charge in [-0.2, -0.15) is 0 Å². The Hall–Kier alpha value is -3.42. The highest BCUT2D eigenvalue weighted by atomic mass is 32.1. The van der Waals surface area contributed by atoms with E-state index in [0.29, 0.717) is 17.7 Å². The fraction of sp³-hybridized carbons (Fsp3) is 0.200. The summed E-state index contributed by atoms with van der Waals surface area (Å²) < 4.78 is 10.1. The minimum absolute atomic E-state index is 0.162. The third kappa shape index (κ3) is 4.74. The van der Waals surface area contributed by atoms with Gasteiger partial charge in [0.15, 0.2) is 0 Å². The third-order valence-corrected chi connectivity index (χ3v) is 6.03. The lowest BCUT2D eigenvalue weighted by Crippen LogP contribution is -2.12. The van der Waals surface area contributed by atoms with Crippen LogP contribution in [0.2, 0.25) is 0 Å². The summed E-state index contributed by atoms with van der Waals surface area (Å²) in [5, 5.41) is 17.4. The molecule has 2 N–H and O–H groups in total. The molecule has 7 heteroatoms. The van der Waals surface area contributed by atoms with Crippen LogP contribution in [0.5, 0.6) is 5.75 Å². The number of hydrogen-bond acceptors (Lipinski definition) is 7. The first kappa shape index (κ1) is 21.8. The molecular weight excluding hydrogens is 424 g/mol. The molecule has 0 amide bonds. The Morgan fingerprint density at radius 2 is 1.88 bits per heavy atom. The lowest BCUT2D eigenvalue weighted by Gasteiger charge is -2.21. The number of carbonyl (C=O) groups is 1. The number of phenolic OH excluding ortho intramolecular Hbond substituents is 1. The number of phenols is 1. The Bertz CT molecular complexity index is 1210. The van der Waals surface area contributed by atoms with Gasteiger partial charge in [-0.3, -0.25) is 0 Å². The zero-order valence-corrected chi connectivity index (χ0v) is 18.7. The molecule has 6 nitrogen and oxygen atoms in total. The average Bonchev–Trinajstić information content (AvgIpc) is 3.34. The molecule has 0 saturated carbocycles. The molecule has 0 aliphatic carbocycles. The number of nitrogens with one attached hydrogen (secondary N) is 1. The minimum Gasteiger partial charge on any atom is -0.505 e. The summed E-state index contributed by atoms with van der Waals surface area (Å²) in [6.07, 6.45) is 0. The van der Waals surface area contributed by atoms with Gasteiger partial charge in [0, 0.05) is 34.3 Å². The molecule has 0 fully saturated rings. The highest BCUT2D eigenvalue weighted by Gasteiger charge is 2.21. The molecule has 0 spiro atoms. The number of pyridine rings is 1.